The van der Waals surface area contributed by atoms with E-state index in [-0.39, 0.29) is 5.56 Å². The van der Waals surface area contributed by atoms with E-state index >= 15 is 0 Å². The Bertz CT molecular complexity index is 386. The number of H-pyrrole nitrogens is 1. The van der Waals surface area contributed by atoms with Crippen LogP contribution in [0, 0.1) is 0 Å². The highest BCUT2D eigenvalue weighted by Gasteiger charge is 2.15. The second kappa shape index (κ2) is 3.89. The van der Waals surface area contributed by atoms with Gasteiger partial charge in [0.1, 0.15) is 5.82 Å². The number of fused-ring (bicyclic) bond motifs is 1. The van der Waals surface area contributed by atoms with Gasteiger partial charge in [-0.25, -0.2) is 4.98 Å². The molecule has 0 saturated carbocycles. The number of nitrogens with two attached hydrogens (primary N) is 1. The molecule has 5 heteroatoms. The number of nitrogens with one attached hydrogen (secondary N) is 1. The van der Waals surface area contributed by atoms with Crippen LogP contribution in [0.5, 0.6) is 0 Å². The highest BCUT2D eigenvalue weighted by atomic mass is 16.5. The lowest BCUT2D eigenvalue weighted by Gasteiger charge is -2.14. The molecule has 5 nitrogen and oxygen atoms in total. The Morgan fingerprint density at radius 3 is 3.21 bits per heavy atom. The van der Waals surface area contributed by atoms with Crippen molar-refractivity contribution in [1.82, 2.24) is 9.97 Å². The molecule has 14 heavy (non-hydrogen) atoms. The number of rotatable bonds is 2. The summed E-state index contributed by atoms with van der Waals surface area (Å²) in [5.74, 6) is 0.679. The fraction of sp³-hybridized carbons (Fsp3) is 0.556. The van der Waals surface area contributed by atoms with Crippen molar-refractivity contribution in [3.63, 3.8) is 0 Å². The molecule has 0 amide bonds. The molecule has 76 valence electrons. The van der Waals surface area contributed by atoms with Crippen LogP contribution in [0.4, 0.5) is 0 Å². The topological polar surface area (TPSA) is 81.0 Å². The van der Waals surface area contributed by atoms with Crippen LogP contribution in [0.3, 0.4) is 0 Å². The average molecular weight is 195 g/mol. The van der Waals surface area contributed by atoms with Gasteiger partial charge in [-0.2, -0.15) is 0 Å². The molecule has 1 aromatic heterocycles. The Morgan fingerprint density at radius 1 is 1.57 bits per heavy atom. The van der Waals surface area contributed by atoms with E-state index in [0.717, 1.165) is 12.1 Å². The zero-order valence-corrected chi connectivity index (χ0v) is 7.88. The molecule has 1 aromatic rings. The van der Waals surface area contributed by atoms with Gasteiger partial charge in [0.15, 0.2) is 0 Å². The van der Waals surface area contributed by atoms with Gasteiger partial charge >= 0.3 is 0 Å². The summed E-state index contributed by atoms with van der Waals surface area (Å²) in [5.41, 5.74) is 6.84. The van der Waals surface area contributed by atoms with E-state index in [1.807, 2.05) is 0 Å². The fourth-order valence-corrected chi connectivity index (χ4v) is 1.55. The van der Waals surface area contributed by atoms with Gasteiger partial charge in [-0.1, -0.05) is 0 Å². The normalized spacial score (nSPS) is 15.2. The molecule has 0 spiro atoms. The van der Waals surface area contributed by atoms with E-state index in [0.29, 0.717) is 37.6 Å². The maximum Gasteiger partial charge on any atom is 0.256 e. The third-order valence-electron chi connectivity index (χ3n) is 2.26. The number of hydrogen-bond acceptors (Lipinski definition) is 4. The standard InChI is InChI=1S/C9H13N3O2/c10-3-1-8-11-7-2-4-14-5-6(7)9(13)12-8/h1-5,10H2,(H,11,12,13). The van der Waals surface area contributed by atoms with E-state index in [2.05, 4.69) is 9.97 Å². The zero-order valence-electron chi connectivity index (χ0n) is 7.88. The Labute approximate surface area is 81.3 Å². The number of aromatic nitrogens is 2. The molecule has 2 rings (SSSR count). The van der Waals surface area contributed by atoms with Crippen LogP contribution in [-0.4, -0.2) is 23.1 Å². The minimum absolute atomic E-state index is 0.0850. The Morgan fingerprint density at radius 2 is 2.43 bits per heavy atom. The third-order valence-corrected chi connectivity index (χ3v) is 2.26. The summed E-state index contributed by atoms with van der Waals surface area (Å²) in [6, 6.07) is 0. The van der Waals surface area contributed by atoms with Crippen LogP contribution < -0.4 is 11.3 Å². The predicted molar refractivity (Wildman–Crippen MR) is 51.0 cm³/mol. The largest absolute Gasteiger partial charge is 0.376 e. The Hall–Kier alpha value is -1.20. The maximum absolute atomic E-state index is 11.5. The molecule has 0 saturated heterocycles. The van der Waals surface area contributed by atoms with Crippen molar-refractivity contribution in [3.05, 3.63) is 27.4 Å². The molecular weight excluding hydrogens is 182 g/mol. The van der Waals surface area contributed by atoms with Crippen LogP contribution in [0.2, 0.25) is 0 Å². The summed E-state index contributed by atoms with van der Waals surface area (Å²) >= 11 is 0. The van der Waals surface area contributed by atoms with Crippen LogP contribution in [0.25, 0.3) is 0 Å². The van der Waals surface area contributed by atoms with E-state index in [9.17, 15) is 4.79 Å². The Balaban J connectivity index is 2.41. The van der Waals surface area contributed by atoms with Crippen molar-refractivity contribution in [2.45, 2.75) is 19.4 Å². The summed E-state index contributed by atoms with van der Waals surface area (Å²) in [6.07, 6.45) is 1.33. The van der Waals surface area contributed by atoms with Gasteiger partial charge in [-0.15, -0.1) is 0 Å². The first-order chi connectivity index (χ1) is 6.81. The molecule has 0 aliphatic carbocycles. The van der Waals surface area contributed by atoms with Crippen molar-refractivity contribution in [2.75, 3.05) is 13.2 Å². The second-order valence-corrected chi connectivity index (χ2v) is 3.28. The lowest BCUT2D eigenvalue weighted by Crippen LogP contribution is -2.26. The lowest BCUT2D eigenvalue weighted by atomic mass is 10.1. The molecule has 1 aliphatic heterocycles. The zero-order chi connectivity index (χ0) is 9.97. The predicted octanol–water partition coefficient (Wildman–Crippen LogP) is -0.656. The molecule has 0 fully saturated rings. The monoisotopic (exact) mass is 195 g/mol. The molecule has 0 radical (unpaired) electrons. The number of hydrogen-bond donors (Lipinski definition) is 2. The first-order valence-electron chi connectivity index (χ1n) is 4.70. The smallest absolute Gasteiger partial charge is 0.256 e. The van der Waals surface area contributed by atoms with Gasteiger partial charge in [0, 0.05) is 12.8 Å². The summed E-state index contributed by atoms with van der Waals surface area (Å²) in [7, 11) is 0. The van der Waals surface area contributed by atoms with E-state index < -0.39 is 0 Å². The average Bonchev–Trinajstić information content (AvgIpc) is 2.18. The minimum Gasteiger partial charge on any atom is -0.376 e. The number of nitrogens with zero attached hydrogens (tertiary/aromatic N) is 1. The molecule has 0 atom stereocenters. The second-order valence-electron chi connectivity index (χ2n) is 3.28. The van der Waals surface area contributed by atoms with E-state index in [4.69, 9.17) is 10.5 Å². The summed E-state index contributed by atoms with van der Waals surface area (Å²) < 4.78 is 5.19. The van der Waals surface area contributed by atoms with Crippen LogP contribution in [-0.2, 0) is 24.2 Å². The molecule has 2 heterocycles. The molecule has 0 aromatic carbocycles. The van der Waals surface area contributed by atoms with Gasteiger partial charge < -0.3 is 15.5 Å². The van der Waals surface area contributed by atoms with Crippen molar-refractivity contribution in [3.8, 4) is 0 Å². The molecule has 0 unspecified atom stereocenters. The van der Waals surface area contributed by atoms with Gasteiger partial charge in [-0.05, 0) is 6.54 Å². The van der Waals surface area contributed by atoms with Gasteiger partial charge in [0.25, 0.3) is 5.56 Å². The first-order valence-corrected chi connectivity index (χ1v) is 4.70. The first kappa shape index (κ1) is 9.36. The molecule has 3 N–H and O–H groups in total. The van der Waals surface area contributed by atoms with E-state index in [1.165, 1.54) is 0 Å². The maximum atomic E-state index is 11.5. The minimum atomic E-state index is -0.0850. The van der Waals surface area contributed by atoms with Crippen LogP contribution in [0.1, 0.15) is 17.1 Å². The van der Waals surface area contributed by atoms with Crippen molar-refractivity contribution >= 4 is 0 Å². The Kier molecular flexibility index (Phi) is 2.60. The summed E-state index contributed by atoms with van der Waals surface area (Å²) in [5, 5.41) is 0. The molecule has 1 aliphatic rings. The summed E-state index contributed by atoms with van der Waals surface area (Å²) in [6.45, 7) is 1.52. The van der Waals surface area contributed by atoms with Gasteiger partial charge in [0.05, 0.1) is 24.5 Å². The summed E-state index contributed by atoms with van der Waals surface area (Å²) in [4.78, 5) is 18.6. The van der Waals surface area contributed by atoms with Crippen LogP contribution >= 0.6 is 0 Å². The van der Waals surface area contributed by atoms with E-state index in [1.54, 1.807) is 0 Å². The number of ether oxygens (including phenoxy) is 1. The van der Waals surface area contributed by atoms with Gasteiger partial charge in [-0.3, -0.25) is 4.79 Å². The van der Waals surface area contributed by atoms with Crippen molar-refractivity contribution in [2.24, 2.45) is 5.73 Å². The van der Waals surface area contributed by atoms with Crippen molar-refractivity contribution in [1.29, 1.82) is 0 Å². The van der Waals surface area contributed by atoms with Crippen LogP contribution in [0.15, 0.2) is 4.79 Å². The quantitative estimate of drug-likeness (QED) is 0.656. The number of aromatic amines is 1. The molecule has 0 bridgehead atoms. The van der Waals surface area contributed by atoms with Gasteiger partial charge in [0.2, 0.25) is 0 Å². The van der Waals surface area contributed by atoms with Crippen molar-refractivity contribution < 1.29 is 4.74 Å². The highest BCUT2D eigenvalue weighted by molar-refractivity contribution is 5.19. The third kappa shape index (κ3) is 1.69. The fourth-order valence-electron chi connectivity index (χ4n) is 1.55. The SMILES string of the molecule is NCCc1nc2c(c(=O)[nH]1)COCC2. The highest BCUT2D eigenvalue weighted by Crippen LogP contribution is 2.09. The lowest BCUT2D eigenvalue weighted by molar-refractivity contribution is 0.108. The molecular formula is C9H13N3O2.